The Morgan fingerprint density at radius 3 is 2.70 bits per heavy atom. The molecule has 0 saturated carbocycles. The summed E-state index contributed by atoms with van der Waals surface area (Å²) in [6.07, 6.45) is 6.42. The molecule has 0 unspecified atom stereocenters. The lowest BCUT2D eigenvalue weighted by Gasteiger charge is -2.33. The zero-order valence-electron chi connectivity index (χ0n) is 13.6. The molecule has 4 nitrogen and oxygen atoms in total. The lowest BCUT2D eigenvalue weighted by Crippen LogP contribution is -2.47. The van der Waals surface area contributed by atoms with Crippen molar-refractivity contribution in [3.8, 4) is 0 Å². The van der Waals surface area contributed by atoms with Gasteiger partial charge in [-0.25, -0.2) is 0 Å². The van der Waals surface area contributed by atoms with E-state index >= 15 is 0 Å². The third-order valence-corrected chi connectivity index (χ3v) is 5.46. The summed E-state index contributed by atoms with van der Waals surface area (Å²) in [5, 5.41) is 2.05. The molecule has 4 heteroatoms. The molecule has 3 heterocycles. The zero-order valence-corrected chi connectivity index (χ0v) is 13.6. The van der Waals surface area contributed by atoms with Crippen molar-refractivity contribution in [2.75, 3.05) is 20.1 Å². The second-order valence-corrected chi connectivity index (χ2v) is 6.78. The molecule has 2 saturated heterocycles. The Bertz CT molecular complexity index is 724. The fourth-order valence-electron chi connectivity index (χ4n) is 4.29. The van der Waals surface area contributed by atoms with Crippen LogP contribution >= 0.6 is 0 Å². The summed E-state index contributed by atoms with van der Waals surface area (Å²) in [5.74, 6) is 0.101. The van der Waals surface area contributed by atoms with Gasteiger partial charge in [0.05, 0.1) is 0 Å². The summed E-state index contributed by atoms with van der Waals surface area (Å²) in [4.78, 5) is 22.1. The third kappa shape index (κ3) is 2.51. The predicted molar refractivity (Wildman–Crippen MR) is 91.5 cm³/mol. The fraction of sp³-hybridized carbons (Fsp3) is 0.474. The lowest BCUT2D eigenvalue weighted by atomic mass is 10.0. The van der Waals surface area contributed by atoms with E-state index in [1.54, 1.807) is 6.20 Å². The minimum Gasteiger partial charge on any atom is -0.333 e. The van der Waals surface area contributed by atoms with E-state index in [1.807, 2.05) is 30.3 Å². The summed E-state index contributed by atoms with van der Waals surface area (Å²) < 4.78 is 0. The Balaban J connectivity index is 1.67. The van der Waals surface area contributed by atoms with Crippen molar-refractivity contribution < 1.29 is 4.79 Å². The van der Waals surface area contributed by atoms with Gasteiger partial charge in [0.25, 0.3) is 5.91 Å². The van der Waals surface area contributed by atoms with Crippen LogP contribution in [-0.2, 0) is 0 Å². The number of aromatic nitrogens is 1. The number of likely N-dealkylation sites (N-methyl/N-ethyl adjacent to an activating group) is 1. The molecule has 2 atom stereocenters. The average Bonchev–Trinajstić information content (AvgIpc) is 3.22. The molecular formula is C19H23N3O. The number of nitrogens with zero attached hydrogens (tertiary/aromatic N) is 3. The molecule has 1 aromatic heterocycles. The topological polar surface area (TPSA) is 36.4 Å². The van der Waals surface area contributed by atoms with E-state index in [0.29, 0.717) is 17.8 Å². The van der Waals surface area contributed by atoms with Crippen LogP contribution < -0.4 is 0 Å². The van der Waals surface area contributed by atoms with Gasteiger partial charge in [-0.3, -0.25) is 9.78 Å². The molecule has 0 radical (unpaired) electrons. The van der Waals surface area contributed by atoms with E-state index in [1.165, 1.54) is 12.8 Å². The minimum atomic E-state index is 0.101. The van der Waals surface area contributed by atoms with Crippen molar-refractivity contribution in [3.05, 3.63) is 42.2 Å². The first kappa shape index (κ1) is 14.6. The van der Waals surface area contributed by atoms with Crippen molar-refractivity contribution in [2.45, 2.75) is 37.8 Å². The van der Waals surface area contributed by atoms with Crippen LogP contribution in [0.2, 0.25) is 0 Å². The van der Waals surface area contributed by atoms with Crippen molar-refractivity contribution in [2.24, 2.45) is 0 Å². The summed E-state index contributed by atoms with van der Waals surface area (Å²) in [7, 11) is 2.19. The third-order valence-electron chi connectivity index (χ3n) is 5.46. The molecule has 1 aromatic carbocycles. The quantitative estimate of drug-likeness (QED) is 0.856. The second-order valence-electron chi connectivity index (χ2n) is 6.78. The maximum Gasteiger partial charge on any atom is 0.273 e. The van der Waals surface area contributed by atoms with Crippen LogP contribution in [0.5, 0.6) is 0 Å². The number of amides is 1. The number of carbonyl (C=O) groups is 1. The number of fused-ring (bicyclic) bond motifs is 1. The SMILES string of the molecule is CN1CCC[C@H]1[C@H]1CCCN1C(=O)c1nccc2ccccc12. The zero-order chi connectivity index (χ0) is 15.8. The van der Waals surface area contributed by atoms with E-state index in [2.05, 4.69) is 21.8 Å². The van der Waals surface area contributed by atoms with E-state index in [-0.39, 0.29) is 5.91 Å². The van der Waals surface area contributed by atoms with Crippen LogP contribution in [-0.4, -0.2) is 52.9 Å². The molecule has 0 aliphatic carbocycles. The van der Waals surface area contributed by atoms with Crippen LogP contribution in [0.1, 0.15) is 36.2 Å². The van der Waals surface area contributed by atoms with Gasteiger partial charge < -0.3 is 9.80 Å². The van der Waals surface area contributed by atoms with Gasteiger partial charge in [-0.2, -0.15) is 0 Å². The maximum absolute atomic E-state index is 13.2. The Morgan fingerprint density at radius 1 is 1.09 bits per heavy atom. The molecule has 0 spiro atoms. The Hall–Kier alpha value is -1.94. The van der Waals surface area contributed by atoms with E-state index in [0.717, 1.165) is 36.7 Å². The van der Waals surface area contributed by atoms with Gasteiger partial charge in [-0.1, -0.05) is 24.3 Å². The predicted octanol–water partition coefficient (Wildman–Crippen LogP) is 2.93. The molecule has 1 amide bonds. The number of rotatable bonds is 2. The highest BCUT2D eigenvalue weighted by atomic mass is 16.2. The molecule has 23 heavy (non-hydrogen) atoms. The number of likely N-dealkylation sites (tertiary alicyclic amines) is 2. The summed E-state index contributed by atoms with van der Waals surface area (Å²) in [6, 6.07) is 10.9. The van der Waals surface area contributed by atoms with Gasteiger partial charge >= 0.3 is 0 Å². The van der Waals surface area contributed by atoms with Crippen LogP contribution in [0, 0.1) is 0 Å². The second kappa shape index (κ2) is 5.93. The maximum atomic E-state index is 13.2. The molecule has 2 aliphatic heterocycles. The molecule has 2 aliphatic rings. The average molecular weight is 309 g/mol. The van der Waals surface area contributed by atoms with E-state index in [9.17, 15) is 4.79 Å². The normalized spacial score (nSPS) is 25.3. The van der Waals surface area contributed by atoms with Crippen molar-refractivity contribution in [1.82, 2.24) is 14.8 Å². The molecule has 0 bridgehead atoms. The van der Waals surface area contributed by atoms with E-state index < -0.39 is 0 Å². The first-order chi connectivity index (χ1) is 11.3. The molecule has 4 rings (SSSR count). The van der Waals surface area contributed by atoms with Gasteiger partial charge in [0.15, 0.2) is 0 Å². The van der Waals surface area contributed by atoms with Crippen LogP contribution in [0.25, 0.3) is 10.8 Å². The monoisotopic (exact) mass is 309 g/mol. The molecule has 2 aromatic rings. The molecule has 0 N–H and O–H groups in total. The van der Waals surface area contributed by atoms with E-state index in [4.69, 9.17) is 0 Å². The lowest BCUT2D eigenvalue weighted by molar-refractivity contribution is 0.0661. The van der Waals surface area contributed by atoms with Crippen LogP contribution in [0.15, 0.2) is 36.5 Å². The Labute approximate surface area is 137 Å². The number of hydrogen-bond donors (Lipinski definition) is 0. The summed E-state index contributed by atoms with van der Waals surface area (Å²) >= 11 is 0. The molecular weight excluding hydrogens is 286 g/mol. The number of hydrogen-bond acceptors (Lipinski definition) is 3. The van der Waals surface area contributed by atoms with Gasteiger partial charge in [-0.15, -0.1) is 0 Å². The highest BCUT2D eigenvalue weighted by molar-refractivity contribution is 6.05. The highest BCUT2D eigenvalue weighted by Gasteiger charge is 2.39. The van der Waals surface area contributed by atoms with Gasteiger partial charge in [0, 0.05) is 30.2 Å². The number of carbonyl (C=O) groups excluding carboxylic acids is 1. The fourth-order valence-corrected chi connectivity index (χ4v) is 4.29. The van der Waals surface area contributed by atoms with Crippen LogP contribution in [0.3, 0.4) is 0 Å². The largest absolute Gasteiger partial charge is 0.333 e. The number of benzene rings is 1. The van der Waals surface area contributed by atoms with Gasteiger partial charge in [-0.05, 0) is 50.7 Å². The van der Waals surface area contributed by atoms with Crippen molar-refractivity contribution in [1.29, 1.82) is 0 Å². The summed E-state index contributed by atoms with van der Waals surface area (Å²) in [5.41, 5.74) is 0.607. The Kier molecular flexibility index (Phi) is 3.77. The van der Waals surface area contributed by atoms with Crippen molar-refractivity contribution >= 4 is 16.7 Å². The Morgan fingerprint density at radius 2 is 1.87 bits per heavy atom. The smallest absolute Gasteiger partial charge is 0.273 e. The van der Waals surface area contributed by atoms with Crippen molar-refractivity contribution in [3.63, 3.8) is 0 Å². The molecule has 2 fully saturated rings. The number of pyridine rings is 1. The van der Waals surface area contributed by atoms with Gasteiger partial charge in [0.1, 0.15) is 5.69 Å². The summed E-state index contributed by atoms with van der Waals surface area (Å²) in [6.45, 7) is 2.01. The minimum absolute atomic E-state index is 0.101. The standard InChI is InChI=1S/C19H23N3O/c1-21-12-4-8-16(21)17-9-5-13-22(17)19(23)18-15-7-3-2-6-14(15)10-11-20-18/h2-3,6-7,10-11,16-17H,4-5,8-9,12-13H2,1H3/t16-,17+/m0/s1. The van der Waals surface area contributed by atoms with Crippen LogP contribution in [0.4, 0.5) is 0 Å². The molecule has 120 valence electrons. The highest BCUT2D eigenvalue weighted by Crippen LogP contribution is 2.30. The van der Waals surface area contributed by atoms with Gasteiger partial charge in [0.2, 0.25) is 0 Å². The first-order valence-electron chi connectivity index (χ1n) is 8.60. The first-order valence-corrected chi connectivity index (χ1v) is 8.60.